The number of aliphatic hydroxyl groups is 1. The fourth-order valence-corrected chi connectivity index (χ4v) is 2.81. The molecule has 2 atom stereocenters. The zero-order chi connectivity index (χ0) is 15.6. The molecule has 0 aromatic heterocycles. The summed E-state index contributed by atoms with van der Waals surface area (Å²) in [7, 11) is 0. The molecule has 2 unspecified atom stereocenters. The minimum absolute atomic E-state index is 0.151. The van der Waals surface area contributed by atoms with E-state index in [4.69, 9.17) is 17.3 Å². The first-order valence-corrected chi connectivity index (χ1v) is 8.01. The van der Waals surface area contributed by atoms with Gasteiger partial charge in [-0.25, -0.2) is 0 Å². The molecule has 0 aliphatic rings. The van der Waals surface area contributed by atoms with Crippen LogP contribution in [0.15, 0.2) is 40.9 Å². The van der Waals surface area contributed by atoms with Crippen molar-refractivity contribution in [2.45, 2.75) is 25.9 Å². The maximum atomic E-state index is 10.7. The summed E-state index contributed by atoms with van der Waals surface area (Å²) in [5.41, 5.74) is 10.2. The van der Waals surface area contributed by atoms with Crippen molar-refractivity contribution >= 4 is 27.5 Å². The van der Waals surface area contributed by atoms with Gasteiger partial charge in [0.1, 0.15) is 0 Å². The number of benzene rings is 2. The van der Waals surface area contributed by atoms with Crippen LogP contribution in [0.4, 0.5) is 0 Å². The van der Waals surface area contributed by atoms with E-state index in [1.165, 1.54) is 11.1 Å². The fourth-order valence-electron chi connectivity index (χ4n) is 2.37. The highest BCUT2D eigenvalue weighted by molar-refractivity contribution is 9.10. The Hall–Kier alpha value is -0.870. The second kappa shape index (κ2) is 6.93. The molecule has 0 saturated heterocycles. The van der Waals surface area contributed by atoms with Crippen LogP contribution in [0.5, 0.6) is 0 Å². The summed E-state index contributed by atoms with van der Waals surface area (Å²) in [5.74, 6) is -0.151. The fraction of sp³-hybridized carbons (Fsp3) is 0.294. The van der Waals surface area contributed by atoms with Crippen molar-refractivity contribution in [2.24, 2.45) is 5.73 Å². The summed E-state index contributed by atoms with van der Waals surface area (Å²) in [5, 5.41) is 11.2. The molecule has 0 fully saturated rings. The minimum atomic E-state index is -0.678. The van der Waals surface area contributed by atoms with Crippen molar-refractivity contribution in [1.82, 2.24) is 0 Å². The van der Waals surface area contributed by atoms with E-state index in [-0.39, 0.29) is 5.92 Å². The van der Waals surface area contributed by atoms with Gasteiger partial charge in [-0.05, 0) is 64.2 Å². The largest absolute Gasteiger partial charge is 0.388 e. The van der Waals surface area contributed by atoms with Crippen LogP contribution in [0.3, 0.4) is 0 Å². The number of nitrogens with two attached hydrogens (primary N) is 1. The first kappa shape index (κ1) is 16.5. The molecule has 0 saturated carbocycles. The lowest BCUT2D eigenvalue weighted by atomic mass is 9.88. The number of halogens is 2. The monoisotopic (exact) mass is 367 g/mol. The summed E-state index contributed by atoms with van der Waals surface area (Å²) in [6.07, 6.45) is -0.678. The van der Waals surface area contributed by atoms with Gasteiger partial charge in [0.15, 0.2) is 0 Å². The molecule has 2 rings (SSSR count). The maximum Gasteiger partial charge on any atom is 0.0871 e. The van der Waals surface area contributed by atoms with Crippen LogP contribution in [0.25, 0.3) is 0 Å². The van der Waals surface area contributed by atoms with Gasteiger partial charge in [0, 0.05) is 16.9 Å². The van der Waals surface area contributed by atoms with Crippen LogP contribution in [0, 0.1) is 13.8 Å². The third-order valence-electron chi connectivity index (χ3n) is 3.88. The van der Waals surface area contributed by atoms with Crippen molar-refractivity contribution in [3.8, 4) is 0 Å². The Morgan fingerprint density at radius 2 is 1.76 bits per heavy atom. The highest BCUT2D eigenvalue weighted by Crippen LogP contribution is 2.34. The van der Waals surface area contributed by atoms with Gasteiger partial charge in [-0.2, -0.15) is 0 Å². The van der Waals surface area contributed by atoms with Crippen LogP contribution in [-0.4, -0.2) is 11.7 Å². The van der Waals surface area contributed by atoms with Gasteiger partial charge in [0.2, 0.25) is 0 Å². The molecule has 0 amide bonds. The lowest BCUT2D eigenvalue weighted by Gasteiger charge is -2.23. The highest BCUT2D eigenvalue weighted by Gasteiger charge is 2.22. The number of aryl methyl sites for hydroxylation is 2. The predicted octanol–water partition coefficient (Wildman–Crippen LogP) is 4.50. The molecule has 0 spiro atoms. The number of hydrogen-bond donors (Lipinski definition) is 2. The Morgan fingerprint density at radius 1 is 1.10 bits per heavy atom. The van der Waals surface area contributed by atoms with Crippen LogP contribution < -0.4 is 5.73 Å². The molecule has 4 heteroatoms. The van der Waals surface area contributed by atoms with E-state index in [2.05, 4.69) is 41.9 Å². The van der Waals surface area contributed by atoms with E-state index in [1.807, 2.05) is 18.2 Å². The molecule has 2 aromatic carbocycles. The standard InChI is InChI=1S/C17H19BrClNO/c1-10-3-4-12(7-11(10)2)14(9-20)17(21)13-5-6-15(18)16(19)8-13/h3-8,14,17,21H,9,20H2,1-2H3. The van der Waals surface area contributed by atoms with Crippen molar-refractivity contribution in [1.29, 1.82) is 0 Å². The lowest BCUT2D eigenvalue weighted by molar-refractivity contribution is 0.147. The van der Waals surface area contributed by atoms with Crippen molar-refractivity contribution in [3.05, 3.63) is 68.1 Å². The summed E-state index contributed by atoms with van der Waals surface area (Å²) < 4.78 is 0.815. The molecular formula is C17H19BrClNO. The second-order valence-electron chi connectivity index (χ2n) is 5.30. The molecular weight excluding hydrogens is 350 g/mol. The van der Waals surface area contributed by atoms with Gasteiger partial charge in [-0.3, -0.25) is 0 Å². The van der Waals surface area contributed by atoms with Crippen molar-refractivity contribution in [3.63, 3.8) is 0 Å². The van der Waals surface area contributed by atoms with Crippen LogP contribution in [-0.2, 0) is 0 Å². The Bertz CT molecular complexity index is 645. The normalized spacial score (nSPS) is 14.0. The summed E-state index contributed by atoms with van der Waals surface area (Å²) in [4.78, 5) is 0. The third kappa shape index (κ3) is 3.67. The Kier molecular flexibility index (Phi) is 5.44. The summed E-state index contributed by atoms with van der Waals surface area (Å²) in [6.45, 7) is 4.51. The average molecular weight is 369 g/mol. The van der Waals surface area contributed by atoms with Gasteiger partial charge in [0.25, 0.3) is 0 Å². The van der Waals surface area contributed by atoms with Gasteiger partial charge in [-0.15, -0.1) is 0 Å². The molecule has 0 heterocycles. The number of hydrogen-bond acceptors (Lipinski definition) is 2. The van der Waals surface area contributed by atoms with E-state index >= 15 is 0 Å². The van der Waals surface area contributed by atoms with Crippen LogP contribution in [0.2, 0.25) is 5.02 Å². The quantitative estimate of drug-likeness (QED) is 0.835. The Labute approximate surface area is 139 Å². The molecule has 0 radical (unpaired) electrons. The van der Waals surface area contributed by atoms with Crippen molar-refractivity contribution in [2.75, 3.05) is 6.54 Å². The van der Waals surface area contributed by atoms with E-state index in [1.54, 1.807) is 6.07 Å². The highest BCUT2D eigenvalue weighted by atomic mass is 79.9. The summed E-state index contributed by atoms with van der Waals surface area (Å²) >= 11 is 9.47. The zero-order valence-electron chi connectivity index (χ0n) is 12.1. The second-order valence-corrected chi connectivity index (χ2v) is 6.57. The molecule has 3 N–H and O–H groups in total. The molecule has 0 aliphatic carbocycles. The average Bonchev–Trinajstić information content (AvgIpc) is 2.46. The lowest BCUT2D eigenvalue weighted by Crippen LogP contribution is -2.20. The van der Waals surface area contributed by atoms with Crippen molar-refractivity contribution < 1.29 is 5.11 Å². The van der Waals surface area contributed by atoms with E-state index in [9.17, 15) is 5.11 Å². The van der Waals surface area contributed by atoms with Gasteiger partial charge >= 0.3 is 0 Å². The molecule has 0 bridgehead atoms. The van der Waals surface area contributed by atoms with E-state index < -0.39 is 6.10 Å². The van der Waals surface area contributed by atoms with Gasteiger partial charge in [-0.1, -0.05) is 35.9 Å². The minimum Gasteiger partial charge on any atom is -0.388 e. The van der Waals surface area contributed by atoms with Gasteiger partial charge < -0.3 is 10.8 Å². The van der Waals surface area contributed by atoms with E-state index in [0.29, 0.717) is 11.6 Å². The molecule has 0 aliphatic heterocycles. The number of aliphatic hydroxyl groups excluding tert-OH is 1. The summed E-state index contributed by atoms with van der Waals surface area (Å²) in [6, 6.07) is 11.7. The van der Waals surface area contributed by atoms with Crippen LogP contribution >= 0.6 is 27.5 Å². The predicted molar refractivity (Wildman–Crippen MR) is 91.8 cm³/mol. The topological polar surface area (TPSA) is 46.2 Å². The third-order valence-corrected chi connectivity index (χ3v) is 5.11. The number of rotatable bonds is 4. The Morgan fingerprint density at radius 3 is 2.33 bits per heavy atom. The molecule has 112 valence electrons. The first-order chi connectivity index (χ1) is 9.93. The molecule has 2 aromatic rings. The SMILES string of the molecule is Cc1ccc(C(CN)C(O)c2ccc(Br)c(Cl)c2)cc1C. The van der Waals surface area contributed by atoms with E-state index in [0.717, 1.165) is 15.6 Å². The first-order valence-electron chi connectivity index (χ1n) is 6.84. The zero-order valence-corrected chi connectivity index (χ0v) is 14.4. The molecule has 21 heavy (non-hydrogen) atoms. The molecule has 2 nitrogen and oxygen atoms in total. The van der Waals surface area contributed by atoms with Gasteiger partial charge in [0.05, 0.1) is 11.1 Å². The van der Waals surface area contributed by atoms with Crippen LogP contribution in [0.1, 0.15) is 34.3 Å². The smallest absolute Gasteiger partial charge is 0.0871 e. The Balaban J connectivity index is 2.35. The maximum absolute atomic E-state index is 10.7.